The van der Waals surface area contributed by atoms with Crippen LogP contribution in [-0.4, -0.2) is 17.4 Å². The molecule has 0 aliphatic carbocycles. The maximum absolute atomic E-state index is 12.8. The number of pyridine rings is 1. The molecule has 0 fully saturated rings. The third kappa shape index (κ3) is 3.90. The highest BCUT2D eigenvalue weighted by atomic mass is 16.2. The number of nitrogens with two attached hydrogens (primary N) is 1. The quantitative estimate of drug-likeness (QED) is 0.394. The van der Waals surface area contributed by atoms with Crippen molar-refractivity contribution in [2.45, 2.75) is 19.5 Å². The molecule has 0 spiro atoms. The highest BCUT2D eigenvalue weighted by Gasteiger charge is 2.26. The Bertz CT molecular complexity index is 1530. The minimum Gasteiger partial charge on any atom is -0.394 e. The number of hydrogen-bond acceptors (Lipinski definition) is 6. The number of carbonyl (C=O) groups excluding carboxylic acids is 1. The molecule has 4 N–H and O–H groups in total. The molecule has 3 aromatic carbocycles. The molecule has 0 radical (unpaired) electrons. The van der Waals surface area contributed by atoms with E-state index in [1.165, 1.54) is 6.07 Å². The van der Waals surface area contributed by atoms with E-state index in [1.807, 2.05) is 53.4 Å². The monoisotopic (exact) mass is 454 g/mol. The Morgan fingerprint density at radius 1 is 0.941 bits per heavy atom. The van der Waals surface area contributed by atoms with Gasteiger partial charge in [0.2, 0.25) is 5.56 Å². The first-order valence-electron chi connectivity index (χ1n) is 10.9. The zero-order valence-corrected chi connectivity index (χ0v) is 18.3. The van der Waals surface area contributed by atoms with Gasteiger partial charge in [-0.3, -0.25) is 19.2 Å². The van der Waals surface area contributed by atoms with Gasteiger partial charge in [-0.15, -0.1) is 0 Å². The molecule has 8 heteroatoms. The topological polar surface area (TPSA) is 125 Å². The van der Waals surface area contributed by atoms with Crippen LogP contribution in [0, 0.1) is 0 Å². The Labute approximate surface area is 194 Å². The van der Waals surface area contributed by atoms with E-state index in [0.717, 1.165) is 28.7 Å². The van der Waals surface area contributed by atoms with Crippen molar-refractivity contribution in [2.24, 2.45) is 0 Å². The molecule has 0 saturated carbocycles. The van der Waals surface area contributed by atoms with Crippen molar-refractivity contribution >= 4 is 17.3 Å². The van der Waals surface area contributed by atoms with Crippen molar-refractivity contribution in [2.75, 3.05) is 17.2 Å². The molecule has 8 nitrogen and oxygen atoms in total. The molecule has 0 atom stereocenters. The maximum atomic E-state index is 12.8. The van der Waals surface area contributed by atoms with Gasteiger partial charge in [0.05, 0.1) is 0 Å². The van der Waals surface area contributed by atoms with Gasteiger partial charge in [-0.25, -0.2) is 0 Å². The summed E-state index contributed by atoms with van der Waals surface area (Å²) in [6.45, 7) is 1.35. The average molecular weight is 454 g/mol. The number of aromatic amines is 1. The summed E-state index contributed by atoms with van der Waals surface area (Å²) in [6.07, 6.45) is 0.730. The second-order valence-electron chi connectivity index (χ2n) is 8.39. The summed E-state index contributed by atoms with van der Waals surface area (Å²) in [6, 6.07) is 18.4. The molecule has 5 rings (SSSR count). The van der Waals surface area contributed by atoms with Crippen molar-refractivity contribution in [1.29, 1.82) is 0 Å². The summed E-state index contributed by atoms with van der Waals surface area (Å²) < 4.78 is 0. The van der Waals surface area contributed by atoms with Crippen molar-refractivity contribution in [3.8, 4) is 11.1 Å². The molecule has 1 aromatic heterocycles. The minimum atomic E-state index is -0.619. The fourth-order valence-electron chi connectivity index (χ4n) is 4.36. The Morgan fingerprint density at radius 2 is 1.74 bits per heavy atom. The molecular formula is C26H22N4O4. The number of amides is 1. The van der Waals surface area contributed by atoms with E-state index in [4.69, 9.17) is 5.73 Å². The van der Waals surface area contributed by atoms with Crippen LogP contribution in [0.1, 0.15) is 27.2 Å². The van der Waals surface area contributed by atoms with Crippen LogP contribution in [0.5, 0.6) is 0 Å². The van der Waals surface area contributed by atoms with Gasteiger partial charge < -0.3 is 20.9 Å². The molecule has 1 amide bonds. The van der Waals surface area contributed by atoms with Gasteiger partial charge in [-0.2, -0.15) is 0 Å². The van der Waals surface area contributed by atoms with E-state index < -0.39 is 10.9 Å². The second-order valence-corrected chi connectivity index (χ2v) is 8.39. The predicted octanol–water partition coefficient (Wildman–Crippen LogP) is 1.71. The molecule has 2 heterocycles. The highest BCUT2D eigenvalue weighted by molar-refractivity contribution is 5.93. The zero-order chi connectivity index (χ0) is 23.8. The molecule has 170 valence electrons. The van der Waals surface area contributed by atoms with Gasteiger partial charge in [0.25, 0.3) is 16.8 Å². The standard InChI is InChI=1S/C26H22N4O4/c27-22-23(25(33)24(22)32)30-9-8-17-7-6-15(10-19(17)14-30)13-28-26(34)20-11-18(12-21(31)29-20)16-4-2-1-3-5-16/h1-7,10-12H,8-9,13-14,27H2,(H,28,34)(H,29,31). The van der Waals surface area contributed by atoms with E-state index in [1.54, 1.807) is 6.07 Å². The number of carbonyl (C=O) groups is 1. The SMILES string of the molecule is Nc1c(N2CCc3ccc(CNC(=O)c4cc(-c5ccccc5)cc(=O)[nH]4)cc3C2)c(=O)c1=O. The lowest BCUT2D eigenvalue weighted by Crippen LogP contribution is -2.44. The molecule has 1 aliphatic heterocycles. The lowest BCUT2D eigenvalue weighted by atomic mass is 9.96. The van der Waals surface area contributed by atoms with Crippen LogP contribution in [0.3, 0.4) is 0 Å². The van der Waals surface area contributed by atoms with Crippen molar-refractivity contribution in [3.05, 3.63) is 114 Å². The lowest BCUT2D eigenvalue weighted by molar-refractivity contribution is 0.0945. The number of nitrogen functional groups attached to an aromatic ring is 1. The van der Waals surface area contributed by atoms with Crippen molar-refractivity contribution < 1.29 is 4.79 Å². The first kappa shape index (κ1) is 21.4. The average Bonchev–Trinajstić information content (AvgIpc) is 2.87. The Balaban J connectivity index is 1.30. The Kier molecular flexibility index (Phi) is 5.33. The molecule has 0 unspecified atom stereocenters. The zero-order valence-electron chi connectivity index (χ0n) is 18.3. The van der Waals surface area contributed by atoms with Crippen LogP contribution in [0.15, 0.2) is 75.0 Å². The third-order valence-corrected chi connectivity index (χ3v) is 6.17. The summed E-state index contributed by atoms with van der Waals surface area (Å²) in [5, 5.41) is 2.85. The number of H-pyrrole nitrogens is 1. The first-order valence-corrected chi connectivity index (χ1v) is 10.9. The molecular weight excluding hydrogens is 432 g/mol. The van der Waals surface area contributed by atoms with Gasteiger partial charge in [0.15, 0.2) is 0 Å². The van der Waals surface area contributed by atoms with E-state index in [9.17, 15) is 19.2 Å². The van der Waals surface area contributed by atoms with Crippen molar-refractivity contribution in [3.63, 3.8) is 0 Å². The lowest BCUT2D eigenvalue weighted by Gasteiger charge is -2.32. The van der Waals surface area contributed by atoms with E-state index in [2.05, 4.69) is 10.3 Å². The first-order chi connectivity index (χ1) is 16.4. The highest BCUT2D eigenvalue weighted by Crippen LogP contribution is 2.26. The van der Waals surface area contributed by atoms with Crippen LogP contribution in [0.4, 0.5) is 11.4 Å². The van der Waals surface area contributed by atoms with Crippen LogP contribution < -0.4 is 32.4 Å². The van der Waals surface area contributed by atoms with Crippen LogP contribution in [0.25, 0.3) is 11.1 Å². The smallest absolute Gasteiger partial charge is 0.268 e. The molecule has 34 heavy (non-hydrogen) atoms. The predicted molar refractivity (Wildman–Crippen MR) is 131 cm³/mol. The maximum Gasteiger partial charge on any atom is 0.268 e. The van der Waals surface area contributed by atoms with Crippen molar-refractivity contribution in [1.82, 2.24) is 10.3 Å². The summed E-state index contributed by atoms with van der Waals surface area (Å²) in [7, 11) is 0. The second kappa shape index (κ2) is 8.47. The summed E-state index contributed by atoms with van der Waals surface area (Å²) >= 11 is 0. The molecule has 0 bridgehead atoms. The van der Waals surface area contributed by atoms with Crippen LogP contribution in [-0.2, 0) is 19.5 Å². The summed E-state index contributed by atoms with van der Waals surface area (Å²) in [5.74, 6) is -0.384. The van der Waals surface area contributed by atoms with Gasteiger partial charge in [-0.1, -0.05) is 48.5 Å². The largest absolute Gasteiger partial charge is 0.394 e. The number of rotatable bonds is 5. The summed E-state index contributed by atoms with van der Waals surface area (Å²) in [4.78, 5) is 52.7. The van der Waals surface area contributed by atoms with Gasteiger partial charge in [-0.05, 0) is 40.3 Å². The normalized spacial score (nSPS) is 13.0. The van der Waals surface area contributed by atoms with E-state index >= 15 is 0 Å². The number of hydrogen-bond donors (Lipinski definition) is 3. The van der Waals surface area contributed by atoms with Gasteiger partial charge in [0.1, 0.15) is 17.1 Å². The molecule has 0 saturated heterocycles. The third-order valence-electron chi connectivity index (χ3n) is 6.17. The van der Waals surface area contributed by atoms with Gasteiger partial charge >= 0.3 is 0 Å². The van der Waals surface area contributed by atoms with Gasteiger partial charge in [0, 0.05) is 25.7 Å². The fraction of sp³-hybridized carbons (Fsp3) is 0.154. The number of fused-ring (bicyclic) bond motifs is 1. The minimum absolute atomic E-state index is 0.0311. The number of benzene rings is 2. The van der Waals surface area contributed by atoms with Crippen LogP contribution in [0.2, 0.25) is 0 Å². The Hall–Kier alpha value is -4.46. The van der Waals surface area contributed by atoms with Crippen LogP contribution >= 0.6 is 0 Å². The molecule has 1 aliphatic rings. The van der Waals surface area contributed by atoms with E-state index in [-0.39, 0.29) is 29.4 Å². The van der Waals surface area contributed by atoms with E-state index in [0.29, 0.717) is 24.3 Å². The number of anilines is 2. The summed E-state index contributed by atoms with van der Waals surface area (Å²) in [5.41, 5.74) is 9.32. The molecule has 4 aromatic rings. The Morgan fingerprint density at radius 3 is 2.50 bits per heavy atom. The number of nitrogens with zero attached hydrogens (tertiary/aromatic N) is 1. The number of nitrogens with one attached hydrogen (secondary N) is 2. The number of aromatic nitrogens is 1. The fourth-order valence-corrected chi connectivity index (χ4v) is 4.36.